The summed E-state index contributed by atoms with van der Waals surface area (Å²) in [4.78, 5) is 2.35. The van der Waals surface area contributed by atoms with Gasteiger partial charge in [0.2, 0.25) is 0 Å². The second-order valence-corrected chi connectivity index (χ2v) is 5.55. The van der Waals surface area contributed by atoms with Crippen LogP contribution < -0.4 is 5.32 Å². The smallest absolute Gasteiger partial charge is 0.127 e. The topological polar surface area (TPSA) is 15.3 Å². The van der Waals surface area contributed by atoms with Gasteiger partial charge in [0.15, 0.2) is 0 Å². The fourth-order valence-corrected chi connectivity index (χ4v) is 2.55. The number of likely N-dealkylation sites (tertiary alicyclic amines) is 1. The fourth-order valence-electron chi connectivity index (χ4n) is 2.36. The molecule has 2 nitrogen and oxygen atoms in total. The third kappa shape index (κ3) is 3.94. The maximum absolute atomic E-state index is 13.5. The Morgan fingerprint density at radius 2 is 2.11 bits per heavy atom. The van der Waals surface area contributed by atoms with E-state index in [9.17, 15) is 4.39 Å². The van der Waals surface area contributed by atoms with E-state index in [-0.39, 0.29) is 5.82 Å². The van der Waals surface area contributed by atoms with Gasteiger partial charge in [-0.3, -0.25) is 0 Å². The van der Waals surface area contributed by atoms with Crippen molar-refractivity contribution < 1.29 is 4.39 Å². The predicted molar refractivity (Wildman–Crippen MR) is 73.3 cm³/mol. The van der Waals surface area contributed by atoms with Crippen LogP contribution in [0.1, 0.15) is 18.4 Å². The first-order chi connectivity index (χ1) is 8.65. The van der Waals surface area contributed by atoms with Gasteiger partial charge in [-0.05, 0) is 63.6 Å². The molecule has 1 aromatic rings. The van der Waals surface area contributed by atoms with E-state index in [1.165, 1.54) is 18.9 Å². The summed E-state index contributed by atoms with van der Waals surface area (Å²) in [6.45, 7) is 3.84. The lowest BCUT2D eigenvalue weighted by Gasteiger charge is -2.29. The molecule has 0 aliphatic carbocycles. The van der Waals surface area contributed by atoms with Crippen LogP contribution in [0, 0.1) is 11.7 Å². The Morgan fingerprint density at radius 1 is 1.39 bits per heavy atom. The van der Waals surface area contributed by atoms with Crippen molar-refractivity contribution in [1.82, 2.24) is 10.2 Å². The summed E-state index contributed by atoms with van der Waals surface area (Å²) in [6.07, 6.45) is 2.45. The molecule has 100 valence electrons. The Morgan fingerprint density at radius 3 is 2.83 bits per heavy atom. The highest BCUT2D eigenvalue weighted by Gasteiger charge is 2.16. The number of hydrogen-bond donors (Lipinski definition) is 1. The Labute approximate surface area is 113 Å². The first kappa shape index (κ1) is 13.8. The molecule has 0 bridgehead atoms. The number of rotatable bonds is 4. The van der Waals surface area contributed by atoms with E-state index in [4.69, 9.17) is 11.6 Å². The summed E-state index contributed by atoms with van der Waals surface area (Å²) in [5.74, 6) is 0.527. The average molecular weight is 271 g/mol. The molecule has 1 heterocycles. The number of benzene rings is 1. The molecule has 0 unspecified atom stereocenters. The summed E-state index contributed by atoms with van der Waals surface area (Å²) >= 11 is 5.86. The molecule has 4 heteroatoms. The van der Waals surface area contributed by atoms with Crippen LogP contribution in [0.25, 0.3) is 0 Å². The van der Waals surface area contributed by atoms with Crippen LogP contribution in [0.15, 0.2) is 18.2 Å². The lowest BCUT2D eigenvalue weighted by atomic mass is 9.97. The van der Waals surface area contributed by atoms with Crippen LogP contribution in [0.2, 0.25) is 5.02 Å². The highest BCUT2D eigenvalue weighted by atomic mass is 35.5. The predicted octanol–water partition coefficient (Wildman–Crippen LogP) is 2.91. The molecule has 0 aromatic heterocycles. The summed E-state index contributed by atoms with van der Waals surface area (Å²) in [6, 6.07) is 4.70. The van der Waals surface area contributed by atoms with E-state index in [2.05, 4.69) is 17.3 Å². The zero-order chi connectivity index (χ0) is 13.0. The lowest BCUT2D eigenvalue weighted by Crippen LogP contribution is -2.34. The van der Waals surface area contributed by atoms with Gasteiger partial charge >= 0.3 is 0 Å². The molecule has 2 rings (SSSR count). The minimum atomic E-state index is -0.185. The van der Waals surface area contributed by atoms with Gasteiger partial charge in [0.1, 0.15) is 5.82 Å². The van der Waals surface area contributed by atoms with Crippen LogP contribution in [-0.4, -0.2) is 31.6 Å². The Bertz CT molecular complexity index is 389. The number of piperidine rings is 1. The van der Waals surface area contributed by atoms with Crippen LogP contribution in [-0.2, 0) is 6.54 Å². The quantitative estimate of drug-likeness (QED) is 0.905. The molecule has 1 aliphatic rings. The zero-order valence-corrected chi connectivity index (χ0v) is 11.5. The third-order valence-corrected chi connectivity index (χ3v) is 3.83. The van der Waals surface area contributed by atoms with Crippen molar-refractivity contribution in [3.05, 3.63) is 34.6 Å². The molecule has 1 aliphatic heterocycles. The standard InChI is InChI=1S/C14H20ClFN2/c1-18-6-4-11(5-7-18)9-17-10-12-8-13(15)2-3-14(12)16/h2-3,8,11,17H,4-7,9-10H2,1H3. The molecule has 0 amide bonds. The number of hydrogen-bond acceptors (Lipinski definition) is 2. The molecule has 18 heavy (non-hydrogen) atoms. The van der Waals surface area contributed by atoms with Crippen LogP contribution >= 0.6 is 11.6 Å². The van der Waals surface area contributed by atoms with Gasteiger partial charge in [0.05, 0.1) is 0 Å². The molecular weight excluding hydrogens is 251 g/mol. The van der Waals surface area contributed by atoms with Crippen molar-refractivity contribution >= 4 is 11.6 Å². The fraction of sp³-hybridized carbons (Fsp3) is 0.571. The normalized spacial score (nSPS) is 18.2. The van der Waals surface area contributed by atoms with Gasteiger partial charge in [-0.1, -0.05) is 11.6 Å². The molecule has 1 N–H and O–H groups in total. The monoisotopic (exact) mass is 270 g/mol. The van der Waals surface area contributed by atoms with E-state index in [1.807, 2.05) is 0 Å². The number of nitrogens with zero attached hydrogens (tertiary/aromatic N) is 1. The van der Waals surface area contributed by atoms with Crippen molar-refractivity contribution in [2.45, 2.75) is 19.4 Å². The lowest BCUT2D eigenvalue weighted by molar-refractivity contribution is 0.216. The Kier molecular flexibility index (Phi) is 4.98. The number of nitrogens with one attached hydrogen (secondary N) is 1. The van der Waals surface area contributed by atoms with Crippen molar-refractivity contribution in [1.29, 1.82) is 0 Å². The average Bonchev–Trinajstić information content (AvgIpc) is 2.36. The maximum Gasteiger partial charge on any atom is 0.127 e. The molecule has 0 saturated carbocycles. The minimum absolute atomic E-state index is 0.185. The molecular formula is C14H20ClFN2. The van der Waals surface area contributed by atoms with Crippen LogP contribution in [0.4, 0.5) is 4.39 Å². The van der Waals surface area contributed by atoms with Gasteiger partial charge in [-0.15, -0.1) is 0 Å². The molecule has 0 spiro atoms. The van der Waals surface area contributed by atoms with Gasteiger partial charge in [0, 0.05) is 17.1 Å². The minimum Gasteiger partial charge on any atom is -0.312 e. The van der Waals surface area contributed by atoms with E-state index in [0.717, 1.165) is 19.6 Å². The molecule has 1 saturated heterocycles. The van der Waals surface area contributed by atoms with Gasteiger partial charge < -0.3 is 10.2 Å². The van der Waals surface area contributed by atoms with Gasteiger partial charge in [-0.2, -0.15) is 0 Å². The van der Waals surface area contributed by atoms with E-state index in [1.54, 1.807) is 12.1 Å². The highest BCUT2D eigenvalue weighted by molar-refractivity contribution is 6.30. The van der Waals surface area contributed by atoms with Crippen molar-refractivity contribution in [3.63, 3.8) is 0 Å². The summed E-state index contributed by atoms with van der Waals surface area (Å²) in [7, 11) is 2.16. The first-order valence-electron chi connectivity index (χ1n) is 6.48. The van der Waals surface area contributed by atoms with Crippen molar-refractivity contribution in [3.8, 4) is 0 Å². The molecule has 1 fully saturated rings. The van der Waals surface area contributed by atoms with Crippen molar-refractivity contribution in [2.24, 2.45) is 5.92 Å². The van der Waals surface area contributed by atoms with Gasteiger partial charge in [0.25, 0.3) is 0 Å². The Hall–Kier alpha value is -0.640. The zero-order valence-electron chi connectivity index (χ0n) is 10.8. The summed E-state index contributed by atoms with van der Waals surface area (Å²) in [5, 5.41) is 3.93. The second-order valence-electron chi connectivity index (χ2n) is 5.11. The van der Waals surface area contributed by atoms with Crippen molar-refractivity contribution in [2.75, 3.05) is 26.7 Å². The SMILES string of the molecule is CN1CCC(CNCc2cc(Cl)ccc2F)CC1. The Balaban J connectivity index is 1.76. The second kappa shape index (κ2) is 6.50. The largest absolute Gasteiger partial charge is 0.312 e. The van der Waals surface area contributed by atoms with E-state index < -0.39 is 0 Å². The van der Waals surface area contributed by atoms with Crippen LogP contribution in [0.5, 0.6) is 0 Å². The third-order valence-electron chi connectivity index (χ3n) is 3.59. The van der Waals surface area contributed by atoms with E-state index in [0.29, 0.717) is 23.0 Å². The molecule has 1 aromatic carbocycles. The van der Waals surface area contributed by atoms with Gasteiger partial charge in [-0.25, -0.2) is 4.39 Å². The first-order valence-corrected chi connectivity index (χ1v) is 6.86. The molecule has 0 atom stereocenters. The molecule has 0 radical (unpaired) electrons. The highest BCUT2D eigenvalue weighted by Crippen LogP contribution is 2.17. The number of halogens is 2. The summed E-state index contributed by atoms with van der Waals surface area (Å²) < 4.78 is 13.5. The maximum atomic E-state index is 13.5. The summed E-state index contributed by atoms with van der Waals surface area (Å²) in [5.41, 5.74) is 0.649. The van der Waals surface area contributed by atoms with E-state index >= 15 is 0 Å². The van der Waals surface area contributed by atoms with Crippen LogP contribution in [0.3, 0.4) is 0 Å².